The highest BCUT2D eigenvalue weighted by molar-refractivity contribution is 4.95. The van der Waals surface area contributed by atoms with Crippen molar-refractivity contribution in [3.8, 4) is 6.07 Å². The Morgan fingerprint density at radius 3 is 2.71 bits per heavy atom. The van der Waals surface area contributed by atoms with Crippen LogP contribution in [0.1, 0.15) is 27.2 Å². The molecule has 2 N–H and O–H groups in total. The summed E-state index contributed by atoms with van der Waals surface area (Å²) in [7, 11) is 0. The Balaban J connectivity index is 2.45. The first-order valence-corrected chi connectivity index (χ1v) is 5.34. The van der Waals surface area contributed by atoms with Gasteiger partial charge in [0, 0.05) is 19.1 Å². The molecule has 80 valence electrons. The van der Waals surface area contributed by atoms with Crippen LogP contribution in [0, 0.1) is 22.7 Å². The molecule has 0 saturated carbocycles. The number of nitrogens with zero attached hydrogens (tertiary/aromatic N) is 2. The smallest absolute Gasteiger partial charge is 0.0697 e. The van der Waals surface area contributed by atoms with Crippen LogP contribution in [-0.2, 0) is 0 Å². The summed E-state index contributed by atoms with van der Waals surface area (Å²) in [5.41, 5.74) is 5.75. The first-order valence-electron chi connectivity index (χ1n) is 5.34. The Hall–Kier alpha value is -0.590. The van der Waals surface area contributed by atoms with Crippen LogP contribution in [0.4, 0.5) is 0 Å². The predicted molar refractivity (Wildman–Crippen MR) is 57.6 cm³/mol. The zero-order valence-corrected chi connectivity index (χ0v) is 9.45. The molecule has 0 radical (unpaired) electrons. The number of likely N-dealkylation sites (tertiary alicyclic amines) is 1. The molecule has 1 heterocycles. The van der Waals surface area contributed by atoms with E-state index in [0.717, 1.165) is 26.1 Å². The fraction of sp³-hybridized carbons (Fsp3) is 0.909. The molecule has 3 nitrogen and oxygen atoms in total. The van der Waals surface area contributed by atoms with Gasteiger partial charge in [-0.25, -0.2) is 0 Å². The predicted octanol–water partition coefficient (Wildman–Crippen LogP) is 1.21. The van der Waals surface area contributed by atoms with Crippen molar-refractivity contribution in [3.63, 3.8) is 0 Å². The topological polar surface area (TPSA) is 53.0 Å². The molecule has 0 aliphatic carbocycles. The summed E-state index contributed by atoms with van der Waals surface area (Å²) in [6.07, 6.45) is 1.16. The lowest BCUT2D eigenvalue weighted by atomic mass is 9.90. The lowest BCUT2D eigenvalue weighted by molar-refractivity contribution is 0.138. The Morgan fingerprint density at radius 2 is 2.21 bits per heavy atom. The van der Waals surface area contributed by atoms with E-state index in [9.17, 15) is 0 Å². The minimum absolute atomic E-state index is 0.250. The van der Waals surface area contributed by atoms with Crippen LogP contribution in [0.5, 0.6) is 0 Å². The number of piperidine rings is 1. The van der Waals surface area contributed by atoms with Crippen molar-refractivity contribution in [2.24, 2.45) is 17.1 Å². The molecule has 0 amide bonds. The number of hydrogen-bond acceptors (Lipinski definition) is 3. The Labute approximate surface area is 86.9 Å². The first-order chi connectivity index (χ1) is 6.44. The highest BCUT2D eigenvalue weighted by Crippen LogP contribution is 2.21. The van der Waals surface area contributed by atoms with Crippen LogP contribution in [0.25, 0.3) is 0 Å². The standard InChI is InChI=1S/C11H21N3/c1-9-4-5-14(6-10(9)13)8-11(2,3)7-12/h9-10H,4-6,8,13H2,1-3H3. The molecule has 0 aromatic rings. The molecule has 0 bridgehead atoms. The van der Waals surface area contributed by atoms with Gasteiger partial charge >= 0.3 is 0 Å². The summed E-state index contributed by atoms with van der Waals surface area (Å²) in [5.74, 6) is 0.622. The summed E-state index contributed by atoms with van der Waals surface area (Å²) in [4.78, 5) is 2.31. The van der Waals surface area contributed by atoms with Gasteiger partial charge in [0.1, 0.15) is 0 Å². The van der Waals surface area contributed by atoms with Crippen molar-refractivity contribution in [2.45, 2.75) is 33.2 Å². The lowest BCUT2D eigenvalue weighted by Gasteiger charge is -2.37. The van der Waals surface area contributed by atoms with Crippen molar-refractivity contribution in [3.05, 3.63) is 0 Å². The van der Waals surface area contributed by atoms with Gasteiger partial charge in [-0.2, -0.15) is 5.26 Å². The molecule has 1 aliphatic heterocycles. The van der Waals surface area contributed by atoms with Gasteiger partial charge in [-0.15, -0.1) is 0 Å². The Kier molecular flexibility index (Phi) is 3.52. The summed E-state index contributed by atoms with van der Waals surface area (Å²) in [6.45, 7) is 9.03. The maximum Gasteiger partial charge on any atom is 0.0697 e. The third kappa shape index (κ3) is 2.97. The number of rotatable bonds is 2. The number of nitriles is 1. The van der Waals surface area contributed by atoms with E-state index in [-0.39, 0.29) is 11.5 Å². The largest absolute Gasteiger partial charge is 0.326 e. The van der Waals surface area contributed by atoms with E-state index < -0.39 is 0 Å². The fourth-order valence-corrected chi connectivity index (χ4v) is 1.91. The molecule has 1 rings (SSSR count). The lowest BCUT2D eigenvalue weighted by Crippen LogP contribution is -2.49. The van der Waals surface area contributed by atoms with Crippen molar-refractivity contribution in [2.75, 3.05) is 19.6 Å². The van der Waals surface area contributed by atoms with Crippen LogP contribution < -0.4 is 5.73 Å². The average Bonchev–Trinajstić information content (AvgIpc) is 2.11. The van der Waals surface area contributed by atoms with Crippen LogP contribution in [0.3, 0.4) is 0 Å². The molecule has 0 aromatic carbocycles. The normalized spacial score (nSPS) is 29.9. The summed E-state index contributed by atoms with van der Waals surface area (Å²) in [6, 6.07) is 2.61. The van der Waals surface area contributed by atoms with Gasteiger partial charge in [0.15, 0.2) is 0 Å². The molecule has 14 heavy (non-hydrogen) atoms. The summed E-state index contributed by atoms with van der Waals surface area (Å²) >= 11 is 0. The fourth-order valence-electron chi connectivity index (χ4n) is 1.91. The molecular formula is C11H21N3. The van der Waals surface area contributed by atoms with Crippen LogP contribution in [0.2, 0.25) is 0 Å². The van der Waals surface area contributed by atoms with Crippen LogP contribution in [0.15, 0.2) is 0 Å². The second-order valence-electron chi connectivity index (χ2n) is 5.16. The third-order valence-electron chi connectivity index (χ3n) is 3.02. The Morgan fingerprint density at radius 1 is 1.57 bits per heavy atom. The molecule has 0 spiro atoms. The van der Waals surface area contributed by atoms with E-state index >= 15 is 0 Å². The van der Waals surface area contributed by atoms with Crippen LogP contribution >= 0.6 is 0 Å². The monoisotopic (exact) mass is 195 g/mol. The van der Waals surface area contributed by atoms with Crippen molar-refractivity contribution >= 4 is 0 Å². The third-order valence-corrected chi connectivity index (χ3v) is 3.02. The van der Waals surface area contributed by atoms with E-state index in [0.29, 0.717) is 5.92 Å². The zero-order valence-electron chi connectivity index (χ0n) is 9.45. The molecular weight excluding hydrogens is 174 g/mol. The average molecular weight is 195 g/mol. The van der Waals surface area contributed by atoms with Crippen molar-refractivity contribution in [1.82, 2.24) is 4.90 Å². The second-order valence-corrected chi connectivity index (χ2v) is 5.16. The van der Waals surface area contributed by atoms with E-state index in [4.69, 9.17) is 11.0 Å². The second kappa shape index (κ2) is 4.29. The molecule has 1 fully saturated rings. The molecule has 3 heteroatoms. The highest BCUT2D eigenvalue weighted by atomic mass is 15.2. The first kappa shape index (κ1) is 11.5. The zero-order chi connectivity index (χ0) is 10.8. The maximum atomic E-state index is 8.93. The van der Waals surface area contributed by atoms with Gasteiger partial charge in [-0.1, -0.05) is 6.92 Å². The van der Waals surface area contributed by atoms with E-state index in [1.807, 2.05) is 13.8 Å². The van der Waals surface area contributed by atoms with E-state index in [1.165, 1.54) is 0 Å². The minimum Gasteiger partial charge on any atom is -0.326 e. The maximum absolute atomic E-state index is 8.93. The number of nitrogens with two attached hydrogens (primary N) is 1. The van der Waals surface area contributed by atoms with E-state index in [2.05, 4.69) is 17.9 Å². The van der Waals surface area contributed by atoms with Gasteiger partial charge < -0.3 is 10.6 Å². The van der Waals surface area contributed by atoms with Crippen molar-refractivity contribution < 1.29 is 0 Å². The summed E-state index contributed by atoms with van der Waals surface area (Å²) < 4.78 is 0. The SMILES string of the molecule is CC1CCN(CC(C)(C)C#N)CC1N. The molecule has 1 saturated heterocycles. The highest BCUT2D eigenvalue weighted by Gasteiger charge is 2.27. The quantitative estimate of drug-likeness (QED) is 0.720. The molecule has 0 aromatic heterocycles. The van der Waals surface area contributed by atoms with Crippen molar-refractivity contribution in [1.29, 1.82) is 5.26 Å². The van der Waals surface area contributed by atoms with Crippen LogP contribution in [-0.4, -0.2) is 30.6 Å². The van der Waals surface area contributed by atoms with Gasteiger partial charge in [-0.3, -0.25) is 0 Å². The molecule has 2 atom stereocenters. The number of hydrogen-bond donors (Lipinski definition) is 1. The molecule has 1 aliphatic rings. The molecule has 2 unspecified atom stereocenters. The van der Waals surface area contributed by atoms with Gasteiger partial charge in [0.2, 0.25) is 0 Å². The van der Waals surface area contributed by atoms with Gasteiger partial charge in [0.25, 0.3) is 0 Å². The Bertz CT molecular complexity index is 229. The van der Waals surface area contributed by atoms with E-state index in [1.54, 1.807) is 0 Å². The summed E-state index contributed by atoms with van der Waals surface area (Å²) in [5, 5.41) is 8.93. The van der Waals surface area contributed by atoms with Gasteiger partial charge in [0.05, 0.1) is 11.5 Å². The van der Waals surface area contributed by atoms with Gasteiger partial charge in [-0.05, 0) is 32.7 Å². The minimum atomic E-state index is -0.250.